The van der Waals surface area contributed by atoms with Gasteiger partial charge in [0.05, 0.1) is 6.07 Å². The van der Waals surface area contributed by atoms with E-state index in [2.05, 4.69) is 5.32 Å². The molecular weight excluding hydrogens is 340 g/mol. The molecule has 2 aromatic rings. The van der Waals surface area contributed by atoms with Crippen LogP contribution in [0.3, 0.4) is 0 Å². The first-order chi connectivity index (χ1) is 12.4. The Labute approximate surface area is 149 Å². The summed E-state index contributed by atoms with van der Waals surface area (Å²) in [6, 6.07) is 9.86. The first kappa shape index (κ1) is 18.9. The highest BCUT2D eigenvalue weighted by Crippen LogP contribution is 2.16. The molecule has 0 aliphatic rings. The van der Waals surface area contributed by atoms with Crippen LogP contribution in [-0.2, 0) is 20.7 Å². The lowest BCUT2D eigenvalue weighted by Gasteiger charge is -2.12. The smallest absolute Gasteiger partial charge is 0.433 e. The van der Waals surface area contributed by atoms with Crippen molar-refractivity contribution in [2.75, 3.05) is 5.32 Å². The first-order valence-electron chi connectivity index (χ1n) is 7.91. The summed E-state index contributed by atoms with van der Waals surface area (Å²) in [4.78, 5) is 33.6. The van der Waals surface area contributed by atoms with Crippen LogP contribution in [0.1, 0.15) is 25.2 Å². The quantitative estimate of drug-likeness (QED) is 0.352. The van der Waals surface area contributed by atoms with Crippen molar-refractivity contribution in [3.05, 3.63) is 63.9 Å². The van der Waals surface area contributed by atoms with E-state index >= 15 is 0 Å². The number of aryl methyl sites for hydroxylation is 1. The average Bonchev–Trinajstić information content (AvgIpc) is 3.10. The van der Waals surface area contributed by atoms with Crippen molar-refractivity contribution >= 4 is 29.5 Å². The van der Waals surface area contributed by atoms with Gasteiger partial charge in [0.25, 0.3) is 5.91 Å². The van der Waals surface area contributed by atoms with E-state index in [1.807, 2.05) is 19.1 Å². The van der Waals surface area contributed by atoms with E-state index in [0.717, 1.165) is 18.1 Å². The standard InChI is InChI=1S/C18H18N2O6/c1-3-13-4-6-14(7-5-13)19-18(22)12(2)25-17(21)11-9-15-8-10-16(26-15)20(23)24/h4-12H,3H2,1-2H3,(H,19,22)/b11-9+/t12-/m1/s1. The van der Waals surface area contributed by atoms with Crippen molar-refractivity contribution in [1.29, 1.82) is 0 Å². The van der Waals surface area contributed by atoms with Gasteiger partial charge in [0.1, 0.15) is 10.7 Å². The minimum atomic E-state index is -1.01. The Morgan fingerprint density at radius 1 is 1.27 bits per heavy atom. The second-order valence-corrected chi connectivity index (χ2v) is 5.39. The van der Waals surface area contributed by atoms with Crippen LogP contribution >= 0.6 is 0 Å². The van der Waals surface area contributed by atoms with E-state index in [1.165, 1.54) is 25.1 Å². The highest BCUT2D eigenvalue weighted by Gasteiger charge is 2.17. The maximum absolute atomic E-state index is 12.0. The van der Waals surface area contributed by atoms with E-state index in [4.69, 9.17) is 9.15 Å². The van der Waals surface area contributed by atoms with E-state index < -0.39 is 28.8 Å². The van der Waals surface area contributed by atoms with Crippen LogP contribution in [0.2, 0.25) is 0 Å². The van der Waals surface area contributed by atoms with Crippen LogP contribution in [0.15, 0.2) is 46.9 Å². The van der Waals surface area contributed by atoms with E-state index in [-0.39, 0.29) is 5.76 Å². The third-order valence-corrected chi connectivity index (χ3v) is 3.47. The lowest BCUT2D eigenvalue weighted by Crippen LogP contribution is -2.29. The SMILES string of the molecule is CCc1ccc(NC(=O)[C@@H](C)OC(=O)/C=C/c2ccc([N+](=O)[O-])o2)cc1. The molecule has 1 heterocycles. The second kappa shape index (κ2) is 8.61. The number of carbonyl (C=O) groups excluding carboxylic acids is 2. The highest BCUT2D eigenvalue weighted by atomic mass is 16.6. The number of nitro groups is 1. The number of amides is 1. The molecule has 0 bridgehead atoms. The number of furan rings is 1. The number of hydrogen-bond donors (Lipinski definition) is 1. The van der Waals surface area contributed by atoms with Crippen molar-refractivity contribution < 1.29 is 23.7 Å². The van der Waals surface area contributed by atoms with E-state index in [9.17, 15) is 19.7 Å². The maximum Gasteiger partial charge on any atom is 0.433 e. The number of carbonyl (C=O) groups is 2. The fourth-order valence-corrected chi connectivity index (χ4v) is 2.01. The summed E-state index contributed by atoms with van der Waals surface area (Å²) < 4.78 is 9.86. The van der Waals surface area contributed by atoms with Gasteiger partial charge in [-0.2, -0.15) is 0 Å². The lowest BCUT2D eigenvalue weighted by molar-refractivity contribution is -0.402. The lowest BCUT2D eigenvalue weighted by atomic mass is 10.1. The Bertz CT molecular complexity index is 822. The number of benzene rings is 1. The molecule has 2 rings (SSSR count). The van der Waals surface area contributed by atoms with Crippen LogP contribution in [0.5, 0.6) is 0 Å². The van der Waals surface area contributed by atoms with E-state index in [0.29, 0.717) is 5.69 Å². The van der Waals surface area contributed by atoms with E-state index in [1.54, 1.807) is 12.1 Å². The molecule has 1 atom stereocenters. The average molecular weight is 358 g/mol. The van der Waals surface area contributed by atoms with Gasteiger partial charge in [0, 0.05) is 11.8 Å². The van der Waals surface area contributed by atoms with Crippen molar-refractivity contribution in [3.8, 4) is 0 Å². The Morgan fingerprint density at radius 2 is 1.96 bits per heavy atom. The molecule has 0 saturated heterocycles. The summed E-state index contributed by atoms with van der Waals surface area (Å²) in [5.74, 6) is -1.54. The number of rotatable bonds is 7. The Kier molecular flexibility index (Phi) is 6.26. The van der Waals surface area contributed by atoms with Gasteiger partial charge in [0.15, 0.2) is 6.10 Å². The number of esters is 1. The van der Waals surface area contributed by atoms with Crippen LogP contribution in [0.4, 0.5) is 11.6 Å². The molecule has 8 nitrogen and oxygen atoms in total. The number of hydrogen-bond acceptors (Lipinski definition) is 6. The fraction of sp³-hybridized carbons (Fsp3) is 0.222. The zero-order chi connectivity index (χ0) is 19.1. The third-order valence-electron chi connectivity index (χ3n) is 3.47. The Morgan fingerprint density at radius 3 is 2.54 bits per heavy atom. The molecule has 8 heteroatoms. The molecule has 26 heavy (non-hydrogen) atoms. The molecule has 1 amide bonds. The van der Waals surface area contributed by atoms with Crippen molar-refractivity contribution in [2.24, 2.45) is 0 Å². The van der Waals surface area contributed by atoms with Gasteiger partial charge < -0.3 is 14.5 Å². The molecule has 0 spiro atoms. The van der Waals surface area contributed by atoms with Gasteiger partial charge in [-0.3, -0.25) is 14.9 Å². The molecule has 0 aliphatic carbocycles. The monoisotopic (exact) mass is 358 g/mol. The molecule has 0 unspecified atom stereocenters. The van der Waals surface area contributed by atoms with Crippen molar-refractivity contribution in [2.45, 2.75) is 26.4 Å². The first-order valence-corrected chi connectivity index (χ1v) is 7.91. The zero-order valence-corrected chi connectivity index (χ0v) is 14.3. The minimum Gasteiger partial charge on any atom is -0.449 e. The predicted octanol–water partition coefficient (Wildman–Crippen LogP) is 3.33. The minimum absolute atomic E-state index is 0.127. The summed E-state index contributed by atoms with van der Waals surface area (Å²) in [6.07, 6.45) is 2.14. The summed E-state index contributed by atoms with van der Waals surface area (Å²) >= 11 is 0. The van der Waals surface area contributed by atoms with Gasteiger partial charge >= 0.3 is 11.9 Å². The second-order valence-electron chi connectivity index (χ2n) is 5.39. The Balaban J connectivity index is 1.87. The molecule has 1 N–H and O–H groups in total. The molecule has 1 aromatic carbocycles. The van der Waals surface area contributed by atoms with Crippen molar-refractivity contribution in [1.82, 2.24) is 0 Å². The van der Waals surface area contributed by atoms with Gasteiger partial charge in [-0.1, -0.05) is 19.1 Å². The fourth-order valence-electron chi connectivity index (χ4n) is 2.01. The topological polar surface area (TPSA) is 112 Å². The molecule has 136 valence electrons. The number of nitrogens with one attached hydrogen (secondary N) is 1. The third kappa shape index (κ3) is 5.30. The van der Waals surface area contributed by atoms with Gasteiger partial charge in [0.2, 0.25) is 0 Å². The summed E-state index contributed by atoms with van der Waals surface area (Å²) in [7, 11) is 0. The number of ether oxygens (including phenoxy) is 1. The van der Waals surface area contributed by atoms with Gasteiger partial charge in [-0.25, -0.2) is 4.79 Å². The Hall–Kier alpha value is -3.42. The molecule has 0 fully saturated rings. The molecular formula is C18H18N2O6. The van der Waals surface area contributed by atoms with Crippen LogP contribution in [0, 0.1) is 10.1 Å². The number of nitrogens with zero attached hydrogens (tertiary/aromatic N) is 1. The largest absolute Gasteiger partial charge is 0.449 e. The maximum atomic E-state index is 12.0. The highest BCUT2D eigenvalue weighted by molar-refractivity contribution is 5.96. The van der Waals surface area contributed by atoms with Crippen LogP contribution < -0.4 is 5.32 Å². The number of anilines is 1. The normalized spacial score (nSPS) is 11.9. The predicted molar refractivity (Wildman–Crippen MR) is 94.4 cm³/mol. The van der Waals surface area contributed by atoms with Crippen LogP contribution in [0.25, 0.3) is 6.08 Å². The zero-order valence-electron chi connectivity index (χ0n) is 14.3. The molecule has 0 radical (unpaired) electrons. The molecule has 1 aromatic heterocycles. The molecule has 0 saturated carbocycles. The summed E-state index contributed by atoms with van der Waals surface area (Å²) in [6.45, 7) is 3.47. The van der Waals surface area contributed by atoms with Gasteiger partial charge in [-0.15, -0.1) is 0 Å². The summed E-state index contributed by atoms with van der Waals surface area (Å²) in [5, 5.41) is 13.2. The molecule has 0 aliphatic heterocycles. The van der Waals surface area contributed by atoms with Crippen molar-refractivity contribution in [3.63, 3.8) is 0 Å². The summed E-state index contributed by atoms with van der Waals surface area (Å²) in [5.41, 5.74) is 1.75. The van der Waals surface area contributed by atoms with Crippen LogP contribution in [-0.4, -0.2) is 22.9 Å². The van der Waals surface area contributed by atoms with Gasteiger partial charge in [-0.05, 0) is 43.2 Å².